The van der Waals surface area contributed by atoms with Crippen LogP contribution in [-0.2, 0) is 6.54 Å². The Morgan fingerprint density at radius 2 is 2.03 bits per heavy atom. The predicted molar refractivity (Wildman–Crippen MR) is 120 cm³/mol. The van der Waals surface area contributed by atoms with Gasteiger partial charge in [0.1, 0.15) is 22.7 Å². The molecule has 0 unspecified atom stereocenters. The Bertz CT molecular complexity index is 1100. The van der Waals surface area contributed by atoms with Gasteiger partial charge < -0.3 is 9.64 Å². The Morgan fingerprint density at radius 3 is 2.83 bits per heavy atom. The van der Waals surface area contributed by atoms with E-state index in [9.17, 15) is 4.39 Å². The summed E-state index contributed by atoms with van der Waals surface area (Å²) in [5, 5.41) is 0.780. The molecule has 0 spiro atoms. The quantitative estimate of drug-likeness (QED) is 0.470. The molecule has 0 N–H and O–H groups in total. The standard InChI is InChI=1S/C22H21BrClFN4O/c1-13-9-29-15(11-28(13)10-14-5-3-2-4-6-14)7-8-30-21-16-20(26-12-27-22(16)29)19(25)17(23)18(21)24/h2-6,12-13,15H,7-11H2,1H3/t13-,15-/m1/s1. The zero-order valence-electron chi connectivity index (χ0n) is 16.5. The minimum Gasteiger partial charge on any atom is -0.491 e. The van der Waals surface area contributed by atoms with Crippen LogP contribution in [0.5, 0.6) is 5.75 Å². The van der Waals surface area contributed by atoms with Crippen molar-refractivity contribution < 1.29 is 9.13 Å². The number of fused-ring (bicyclic) bond motifs is 2. The summed E-state index contributed by atoms with van der Waals surface area (Å²) in [7, 11) is 0. The summed E-state index contributed by atoms with van der Waals surface area (Å²) in [6, 6.07) is 11.0. The van der Waals surface area contributed by atoms with Gasteiger partial charge in [0.2, 0.25) is 0 Å². The van der Waals surface area contributed by atoms with Crippen molar-refractivity contribution in [1.29, 1.82) is 0 Å². The number of halogens is 3. The second-order valence-corrected chi connectivity index (χ2v) is 9.07. The van der Waals surface area contributed by atoms with Crippen LogP contribution in [0.25, 0.3) is 10.9 Å². The molecule has 3 aromatic rings. The van der Waals surface area contributed by atoms with Gasteiger partial charge in [0, 0.05) is 38.1 Å². The van der Waals surface area contributed by atoms with Crippen LogP contribution >= 0.6 is 27.5 Å². The fraction of sp³-hybridized carbons (Fsp3) is 0.364. The molecule has 8 heteroatoms. The number of aromatic nitrogens is 2. The van der Waals surface area contributed by atoms with Gasteiger partial charge in [-0.3, -0.25) is 4.90 Å². The molecule has 30 heavy (non-hydrogen) atoms. The highest BCUT2D eigenvalue weighted by atomic mass is 79.9. The van der Waals surface area contributed by atoms with Gasteiger partial charge in [0.05, 0.1) is 16.5 Å². The maximum Gasteiger partial charge on any atom is 0.165 e. The molecule has 1 saturated heterocycles. The lowest BCUT2D eigenvalue weighted by atomic mass is 10.0. The number of anilines is 1. The van der Waals surface area contributed by atoms with Crippen molar-refractivity contribution in [2.24, 2.45) is 0 Å². The van der Waals surface area contributed by atoms with Crippen molar-refractivity contribution in [3.05, 3.63) is 57.5 Å². The van der Waals surface area contributed by atoms with E-state index < -0.39 is 5.82 Å². The first-order chi connectivity index (χ1) is 14.5. The van der Waals surface area contributed by atoms with Crippen LogP contribution < -0.4 is 9.64 Å². The minimum atomic E-state index is -0.487. The van der Waals surface area contributed by atoms with Gasteiger partial charge in [-0.25, -0.2) is 14.4 Å². The first-order valence-corrected chi connectivity index (χ1v) is 11.2. The van der Waals surface area contributed by atoms with Gasteiger partial charge in [-0.15, -0.1) is 0 Å². The number of benzene rings is 2. The van der Waals surface area contributed by atoms with E-state index in [1.54, 1.807) is 0 Å². The van der Waals surface area contributed by atoms with Crippen LogP contribution in [0, 0.1) is 5.82 Å². The third kappa shape index (κ3) is 3.33. The highest BCUT2D eigenvalue weighted by Crippen LogP contribution is 2.45. The van der Waals surface area contributed by atoms with E-state index in [-0.39, 0.29) is 21.1 Å². The smallest absolute Gasteiger partial charge is 0.165 e. The second-order valence-electron chi connectivity index (χ2n) is 7.90. The third-order valence-electron chi connectivity index (χ3n) is 6.02. The topological polar surface area (TPSA) is 41.5 Å². The maximum absolute atomic E-state index is 14.9. The summed E-state index contributed by atoms with van der Waals surface area (Å²) in [4.78, 5) is 13.5. The second kappa shape index (κ2) is 7.94. The third-order valence-corrected chi connectivity index (χ3v) is 7.35. The van der Waals surface area contributed by atoms with Crippen LogP contribution in [0.4, 0.5) is 10.2 Å². The largest absolute Gasteiger partial charge is 0.491 e. The molecule has 0 aliphatic carbocycles. The zero-order valence-corrected chi connectivity index (χ0v) is 18.8. The number of nitrogens with zero attached hydrogens (tertiary/aromatic N) is 4. The van der Waals surface area contributed by atoms with Crippen molar-refractivity contribution in [3.63, 3.8) is 0 Å². The van der Waals surface area contributed by atoms with E-state index in [4.69, 9.17) is 16.3 Å². The molecule has 0 saturated carbocycles. The summed E-state index contributed by atoms with van der Waals surface area (Å²) in [5.41, 5.74) is 1.53. The van der Waals surface area contributed by atoms with E-state index in [0.29, 0.717) is 29.6 Å². The summed E-state index contributed by atoms with van der Waals surface area (Å²) >= 11 is 9.67. The highest BCUT2D eigenvalue weighted by Gasteiger charge is 2.36. The van der Waals surface area contributed by atoms with E-state index in [1.165, 1.54) is 11.9 Å². The van der Waals surface area contributed by atoms with E-state index in [0.717, 1.165) is 26.1 Å². The lowest BCUT2D eigenvalue weighted by Crippen LogP contribution is -2.58. The SMILES string of the molecule is C[C@@H]1CN2c3ncnc4c(F)c(Br)c(Cl)c(c34)OCC[C@@H]2CN1Cc1ccccc1. The molecule has 2 aliphatic heterocycles. The van der Waals surface area contributed by atoms with Gasteiger partial charge in [-0.1, -0.05) is 41.9 Å². The molecule has 5 nitrogen and oxygen atoms in total. The molecule has 2 aliphatic rings. The Morgan fingerprint density at radius 1 is 1.23 bits per heavy atom. The highest BCUT2D eigenvalue weighted by molar-refractivity contribution is 9.10. The van der Waals surface area contributed by atoms with Crippen molar-refractivity contribution in [2.75, 3.05) is 24.6 Å². The number of hydrogen-bond acceptors (Lipinski definition) is 5. The zero-order chi connectivity index (χ0) is 20.8. The van der Waals surface area contributed by atoms with E-state index in [1.807, 2.05) is 6.07 Å². The first kappa shape index (κ1) is 20.0. The lowest BCUT2D eigenvalue weighted by molar-refractivity contribution is 0.140. The van der Waals surface area contributed by atoms with Crippen LogP contribution in [-0.4, -0.2) is 46.6 Å². The van der Waals surface area contributed by atoms with Crippen molar-refractivity contribution >= 4 is 44.3 Å². The molecule has 1 fully saturated rings. The Kier molecular flexibility index (Phi) is 5.29. The summed E-state index contributed by atoms with van der Waals surface area (Å²) < 4.78 is 21.1. The average Bonchev–Trinajstić information content (AvgIpc) is 2.75. The van der Waals surface area contributed by atoms with Gasteiger partial charge in [-0.05, 0) is 28.4 Å². The maximum atomic E-state index is 14.9. The number of ether oxygens (including phenoxy) is 1. The monoisotopic (exact) mass is 490 g/mol. The molecule has 0 radical (unpaired) electrons. The first-order valence-electron chi connectivity index (χ1n) is 10.0. The lowest BCUT2D eigenvalue weighted by Gasteiger charge is -2.47. The van der Waals surface area contributed by atoms with Gasteiger partial charge in [-0.2, -0.15) is 0 Å². The Balaban J connectivity index is 1.55. The number of piperazine rings is 1. The van der Waals surface area contributed by atoms with E-state index >= 15 is 0 Å². The fourth-order valence-electron chi connectivity index (χ4n) is 4.46. The molecular formula is C22H21BrClFN4O. The van der Waals surface area contributed by atoms with Gasteiger partial charge in [0.15, 0.2) is 11.6 Å². The van der Waals surface area contributed by atoms with Crippen LogP contribution in [0.2, 0.25) is 5.02 Å². The fourth-order valence-corrected chi connectivity index (χ4v) is 5.05. The normalized spacial score (nSPS) is 21.7. The molecule has 3 heterocycles. The molecule has 2 atom stereocenters. The van der Waals surface area contributed by atoms with Crippen molar-refractivity contribution in [3.8, 4) is 5.75 Å². The van der Waals surface area contributed by atoms with Crippen LogP contribution in [0.3, 0.4) is 0 Å². The summed E-state index contributed by atoms with van der Waals surface area (Å²) in [6.45, 7) is 5.29. The molecule has 0 amide bonds. The molecule has 2 aromatic carbocycles. The predicted octanol–water partition coefficient (Wildman–Crippen LogP) is 5.05. The molecular weight excluding hydrogens is 471 g/mol. The van der Waals surface area contributed by atoms with Gasteiger partial charge >= 0.3 is 0 Å². The van der Waals surface area contributed by atoms with Crippen LogP contribution in [0.1, 0.15) is 18.9 Å². The minimum absolute atomic E-state index is 0.175. The average molecular weight is 492 g/mol. The molecule has 1 aromatic heterocycles. The number of hydrogen-bond donors (Lipinski definition) is 0. The van der Waals surface area contributed by atoms with Crippen molar-refractivity contribution in [1.82, 2.24) is 14.9 Å². The summed E-state index contributed by atoms with van der Waals surface area (Å²) in [6.07, 6.45) is 2.25. The Labute approximate surface area is 187 Å². The number of rotatable bonds is 2. The molecule has 0 bridgehead atoms. The van der Waals surface area contributed by atoms with Crippen molar-refractivity contribution in [2.45, 2.75) is 32.0 Å². The van der Waals surface area contributed by atoms with E-state index in [2.05, 4.69) is 66.9 Å². The molecule has 156 valence electrons. The van der Waals surface area contributed by atoms with Gasteiger partial charge in [0.25, 0.3) is 0 Å². The summed E-state index contributed by atoms with van der Waals surface area (Å²) in [5.74, 6) is 0.659. The Hall–Kier alpha value is -1.96. The molecule has 5 rings (SSSR count). The van der Waals surface area contributed by atoms with Crippen LogP contribution in [0.15, 0.2) is 41.1 Å².